The van der Waals surface area contributed by atoms with Gasteiger partial charge >= 0.3 is 0 Å². The van der Waals surface area contributed by atoms with Crippen molar-refractivity contribution in [2.24, 2.45) is 0 Å². The molecule has 7 nitrogen and oxygen atoms in total. The maximum absolute atomic E-state index is 12.0. The van der Waals surface area contributed by atoms with E-state index in [2.05, 4.69) is 10.4 Å². The van der Waals surface area contributed by atoms with Crippen LogP contribution in [0.2, 0.25) is 0 Å². The number of carbonyl (C=O) groups is 1. The highest BCUT2D eigenvalue weighted by atomic mass is 32.1. The lowest BCUT2D eigenvalue weighted by atomic mass is 10.2. The Balaban J connectivity index is 1.33. The molecule has 0 radical (unpaired) electrons. The van der Waals surface area contributed by atoms with Gasteiger partial charge in [-0.15, -0.1) is 11.3 Å². The van der Waals surface area contributed by atoms with Crippen molar-refractivity contribution in [3.63, 3.8) is 0 Å². The molecule has 1 N–H and O–H groups in total. The molecule has 0 saturated heterocycles. The van der Waals surface area contributed by atoms with Crippen LogP contribution in [0.3, 0.4) is 0 Å². The van der Waals surface area contributed by atoms with Gasteiger partial charge in [-0.3, -0.25) is 9.59 Å². The summed E-state index contributed by atoms with van der Waals surface area (Å²) in [7, 11) is 0. The van der Waals surface area contributed by atoms with Gasteiger partial charge in [0.05, 0.1) is 11.4 Å². The summed E-state index contributed by atoms with van der Waals surface area (Å²) in [6.07, 6.45) is 3.13. The molecule has 3 heterocycles. The number of hydrogen-bond donors (Lipinski definition) is 1. The third-order valence-electron chi connectivity index (χ3n) is 4.09. The van der Waals surface area contributed by atoms with Gasteiger partial charge in [-0.1, -0.05) is 12.1 Å². The number of amides is 1. The number of fused-ring (bicyclic) bond motifs is 1. The van der Waals surface area contributed by atoms with Gasteiger partial charge in [0.25, 0.3) is 5.56 Å². The van der Waals surface area contributed by atoms with E-state index in [-0.39, 0.29) is 18.3 Å². The van der Waals surface area contributed by atoms with E-state index in [1.807, 2.05) is 29.6 Å². The summed E-state index contributed by atoms with van der Waals surface area (Å²) in [5, 5.41) is 9.07. The summed E-state index contributed by atoms with van der Waals surface area (Å²) in [5.41, 5.74) is 1.37. The van der Waals surface area contributed by atoms with Crippen LogP contribution in [-0.4, -0.2) is 29.0 Å². The molecule has 0 spiro atoms. The summed E-state index contributed by atoms with van der Waals surface area (Å²) in [5.74, 6) is 1.11. The van der Waals surface area contributed by atoms with Gasteiger partial charge in [-0.05, 0) is 41.3 Å². The number of nitrogens with one attached hydrogen (secondary N) is 1. The van der Waals surface area contributed by atoms with Crippen LogP contribution in [0.4, 0.5) is 0 Å². The highest BCUT2D eigenvalue weighted by Gasteiger charge is 2.12. The lowest BCUT2D eigenvalue weighted by molar-refractivity contribution is -0.116. The fourth-order valence-corrected chi connectivity index (χ4v) is 3.39. The second-order valence-corrected chi connectivity index (χ2v) is 6.94. The number of benzene rings is 1. The maximum Gasteiger partial charge on any atom is 0.266 e. The molecule has 2 aromatic heterocycles. The van der Waals surface area contributed by atoms with E-state index in [1.165, 1.54) is 16.8 Å². The molecule has 28 heavy (non-hydrogen) atoms. The third kappa shape index (κ3) is 4.12. The quantitative estimate of drug-likeness (QED) is 0.649. The van der Waals surface area contributed by atoms with Crippen molar-refractivity contribution in [3.05, 3.63) is 69.8 Å². The van der Waals surface area contributed by atoms with Gasteiger partial charge in [0.15, 0.2) is 11.5 Å². The van der Waals surface area contributed by atoms with Crippen LogP contribution in [0, 0.1) is 0 Å². The molecule has 142 valence electrons. The molecule has 4 rings (SSSR count). The molecule has 0 fully saturated rings. The molecule has 0 saturated carbocycles. The Kier molecular flexibility index (Phi) is 5.20. The van der Waals surface area contributed by atoms with Gasteiger partial charge in [0.2, 0.25) is 12.7 Å². The zero-order valence-electron chi connectivity index (χ0n) is 14.8. The van der Waals surface area contributed by atoms with Crippen LogP contribution in [0.1, 0.15) is 5.56 Å². The molecule has 3 aromatic rings. The minimum absolute atomic E-state index is 0.203. The SMILES string of the molecule is O=C(/C=C/c1ccc2c(c1)OCO2)NCCn1nc(-c2cccs2)ccc1=O. The highest BCUT2D eigenvalue weighted by molar-refractivity contribution is 7.13. The average Bonchev–Trinajstić information content (AvgIpc) is 3.39. The summed E-state index contributed by atoms with van der Waals surface area (Å²) >= 11 is 1.56. The minimum Gasteiger partial charge on any atom is -0.454 e. The first kappa shape index (κ1) is 18.0. The zero-order chi connectivity index (χ0) is 19.3. The Bertz CT molecular complexity index is 1070. The van der Waals surface area contributed by atoms with E-state index in [9.17, 15) is 9.59 Å². The Hall–Kier alpha value is -3.39. The smallest absolute Gasteiger partial charge is 0.266 e. The normalized spacial score (nSPS) is 12.4. The van der Waals surface area contributed by atoms with Crippen molar-refractivity contribution in [3.8, 4) is 22.1 Å². The first-order valence-corrected chi connectivity index (χ1v) is 9.55. The van der Waals surface area contributed by atoms with Gasteiger partial charge in [-0.25, -0.2) is 4.68 Å². The summed E-state index contributed by atoms with van der Waals surface area (Å²) in [6.45, 7) is 0.802. The van der Waals surface area contributed by atoms with E-state index < -0.39 is 0 Å². The summed E-state index contributed by atoms with van der Waals surface area (Å²) in [4.78, 5) is 25.0. The van der Waals surface area contributed by atoms with E-state index in [1.54, 1.807) is 29.5 Å². The second kappa shape index (κ2) is 8.10. The van der Waals surface area contributed by atoms with Crippen LogP contribution in [0.15, 0.2) is 58.7 Å². The van der Waals surface area contributed by atoms with Crippen molar-refractivity contribution in [2.45, 2.75) is 6.54 Å². The second-order valence-electron chi connectivity index (χ2n) is 5.99. The molecule has 1 amide bonds. The Morgan fingerprint density at radius 3 is 2.96 bits per heavy atom. The van der Waals surface area contributed by atoms with Gasteiger partial charge in [-0.2, -0.15) is 5.10 Å². The van der Waals surface area contributed by atoms with Gasteiger partial charge < -0.3 is 14.8 Å². The van der Waals surface area contributed by atoms with Crippen LogP contribution >= 0.6 is 11.3 Å². The number of nitrogens with zero attached hydrogens (tertiary/aromatic N) is 2. The zero-order valence-corrected chi connectivity index (χ0v) is 15.6. The van der Waals surface area contributed by atoms with Crippen molar-refractivity contribution < 1.29 is 14.3 Å². The van der Waals surface area contributed by atoms with Crippen molar-refractivity contribution in [1.82, 2.24) is 15.1 Å². The topological polar surface area (TPSA) is 82.4 Å². The minimum atomic E-state index is -0.250. The monoisotopic (exact) mass is 395 g/mol. The van der Waals surface area contributed by atoms with Crippen LogP contribution in [0.5, 0.6) is 11.5 Å². The summed E-state index contributed by atoms with van der Waals surface area (Å²) < 4.78 is 11.9. The predicted molar refractivity (Wildman–Crippen MR) is 106 cm³/mol. The number of thiophene rings is 1. The van der Waals surface area contributed by atoms with E-state index in [0.717, 1.165) is 16.1 Å². The molecular weight excluding hydrogens is 378 g/mol. The van der Waals surface area contributed by atoms with Gasteiger partial charge in [0.1, 0.15) is 5.69 Å². The maximum atomic E-state index is 12.0. The van der Waals surface area contributed by atoms with Crippen molar-refractivity contribution in [2.75, 3.05) is 13.3 Å². The third-order valence-corrected chi connectivity index (χ3v) is 4.98. The number of hydrogen-bond acceptors (Lipinski definition) is 6. The fourth-order valence-electron chi connectivity index (χ4n) is 2.70. The van der Waals surface area contributed by atoms with Crippen LogP contribution in [-0.2, 0) is 11.3 Å². The van der Waals surface area contributed by atoms with E-state index >= 15 is 0 Å². The molecule has 8 heteroatoms. The highest BCUT2D eigenvalue weighted by Crippen LogP contribution is 2.32. The lowest BCUT2D eigenvalue weighted by Crippen LogP contribution is -2.31. The predicted octanol–water partition coefficient (Wildman–Crippen LogP) is 2.53. The Labute approximate surface area is 164 Å². The number of carbonyl (C=O) groups excluding carboxylic acids is 1. The molecule has 1 aliphatic rings. The van der Waals surface area contributed by atoms with Crippen molar-refractivity contribution in [1.29, 1.82) is 0 Å². The van der Waals surface area contributed by atoms with E-state index in [4.69, 9.17) is 9.47 Å². The Morgan fingerprint density at radius 2 is 2.11 bits per heavy atom. The Morgan fingerprint density at radius 1 is 1.21 bits per heavy atom. The average molecular weight is 395 g/mol. The molecule has 0 aliphatic carbocycles. The molecule has 1 aliphatic heterocycles. The largest absolute Gasteiger partial charge is 0.454 e. The van der Waals surface area contributed by atoms with Gasteiger partial charge in [0, 0.05) is 18.7 Å². The number of rotatable bonds is 6. The standard InChI is InChI=1S/C20H17N3O4S/c24-19(7-4-14-3-6-16-17(12-14)27-13-26-16)21-9-10-23-20(25)8-5-15(22-23)18-2-1-11-28-18/h1-8,11-12H,9-10,13H2,(H,21,24)/b7-4+. The molecular formula is C20H17N3O4S. The first-order valence-electron chi connectivity index (χ1n) is 8.67. The lowest BCUT2D eigenvalue weighted by Gasteiger charge is -2.06. The summed E-state index contributed by atoms with van der Waals surface area (Å²) in [6, 6.07) is 12.5. The first-order chi connectivity index (χ1) is 13.7. The molecule has 1 aromatic carbocycles. The molecule has 0 atom stereocenters. The molecule has 0 bridgehead atoms. The van der Waals surface area contributed by atoms with E-state index in [0.29, 0.717) is 24.6 Å². The van der Waals surface area contributed by atoms with Crippen LogP contribution in [0.25, 0.3) is 16.6 Å². The number of aromatic nitrogens is 2. The van der Waals surface area contributed by atoms with Crippen LogP contribution < -0.4 is 20.3 Å². The van der Waals surface area contributed by atoms with Crippen molar-refractivity contribution >= 4 is 23.3 Å². The molecule has 0 unspecified atom stereocenters. The fraction of sp³-hybridized carbons (Fsp3) is 0.150. The number of ether oxygens (including phenoxy) is 2.